The molecule has 0 unspecified atom stereocenters. The summed E-state index contributed by atoms with van der Waals surface area (Å²) >= 11 is 0. The first kappa shape index (κ1) is 22.3. The number of non-ortho nitro benzene ring substituents is 1. The molecule has 0 aromatic heterocycles. The van der Waals surface area contributed by atoms with Gasteiger partial charge in [-0.1, -0.05) is 96.1 Å². The van der Waals surface area contributed by atoms with Gasteiger partial charge in [0.05, 0.1) is 4.92 Å². The summed E-state index contributed by atoms with van der Waals surface area (Å²) in [7, 11) is 0. The fraction of sp³-hybridized carbons (Fsp3) is 0.682. The second-order valence-electron chi connectivity index (χ2n) is 7.22. The molecule has 26 heavy (non-hydrogen) atoms. The maximum absolute atomic E-state index is 12.1. The van der Waals surface area contributed by atoms with E-state index in [-0.39, 0.29) is 11.5 Å². The zero-order chi connectivity index (χ0) is 19.0. The predicted octanol–water partition coefficient (Wildman–Crippen LogP) is 7.26. The molecule has 4 nitrogen and oxygen atoms in total. The van der Waals surface area contributed by atoms with Gasteiger partial charge in [-0.15, -0.1) is 0 Å². The van der Waals surface area contributed by atoms with Crippen molar-refractivity contribution in [2.75, 3.05) is 0 Å². The monoisotopic (exact) mass is 361 g/mol. The van der Waals surface area contributed by atoms with Gasteiger partial charge in [-0.2, -0.15) is 0 Å². The van der Waals surface area contributed by atoms with E-state index >= 15 is 0 Å². The Balaban J connectivity index is 1.98. The van der Waals surface area contributed by atoms with Gasteiger partial charge >= 0.3 is 0 Å². The number of rotatable bonds is 16. The van der Waals surface area contributed by atoms with Gasteiger partial charge in [-0.25, -0.2) is 0 Å². The van der Waals surface area contributed by atoms with Crippen molar-refractivity contribution >= 4 is 11.5 Å². The first-order valence-corrected chi connectivity index (χ1v) is 10.4. The van der Waals surface area contributed by atoms with Gasteiger partial charge in [0, 0.05) is 24.1 Å². The summed E-state index contributed by atoms with van der Waals surface area (Å²) in [4.78, 5) is 22.4. The van der Waals surface area contributed by atoms with Crippen molar-refractivity contribution in [1.29, 1.82) is 0 Å². The van der Waals surface area contributed by atoms with Crippen molar-refractivity contribution in [3.63, 3.8) is 0 Å². The van der Waals surface area contributed by atoms with Crippen molar-refractivity contribution in [1.82, 2.24) is 0 Å². The molecule has 0 bridgehead atoms. The lowest BCUT2D eigenvalue weighted by Gasteiger charge is -2.03. The number of ketones is 1. The van der Waals surface area contributed by atoms with Crippen molar-refractivity contribution in [2.24, 2.45) is 0 Å². The topological polar surface area (TPSA) is 60.2 Å². The van der Waals surface area contributed by atoms with E-state index in [4.69, 9.17) is 0 Å². The number of benzene rings is 1. The molecule has 0 saturated heterocycles. The standard InChI is InChI=1S/C22H35NO3/c1-2-3-4-5-6-7-8-9-10-11-12-13-14-18-22(24)20-16-15-17-21(19-20)23(25)26/h15-17,19H,2-14,18H2,1H3. The van der Waals surface area contributed by atoms with E-state index in [1.807, 2.05) is 0 Å². The third-order valence-corrected chi connectivity index (χ3v) is 4.89. The normalized spacial score (nSPS) is 10.8. The molecule has 0 radical (unpaired) electrons. The average Bonchev–Trinajstić information content (AvgIpc) is 2.65. The average molecular weight is 362 g/mol. The summed E-state index contributed by atoms with van der Waals surface area (Å²) in [5.41, 5.74) is 0.444. The fourth-order valence-corrected chi connectivity index (χ4v) is 3.24. The van der Waals surface area contributed by atoms with Crippen molar-refractivity contribution < 1.29 is 9.72 Å². The first-order valence-electron chi connectivity index (χ1n) is 10.4. The van der Waals surface area contributed by atoms with E-state index < -0.39 is 4.92 Å². The lowest BCUT2D eigenvalue weighted by Crippen LogP contribution is -2.00. The molecular formula is C22H35NO3. The van der Waals surface area contributed by atoms with Gasteiger partial charge < -0.3 is 0 Å². The van der Waals surface area contributed by atoms with E-state index in [1.165, 1.54) is 82.8 Å². The summed E-state index contributed by atoms with van der Waals surface area (Å²) in [6.45, 7) is 2.25. The highest BCUT2D eigenvalue weighted by Crippen LogP contribution is 2.17. The van der Waals surface area contributed by atoms with E-state index in [9.17, 15) is 14.9 Å². The van der Waals surface area contributed by atoms with E-state index in [2.05, 4.69) is 6.92 Å². The molecule has 0 aliphatic rings. The van der Waals surface area contributed by atoms with Crippen molar-refractivity contribution in [3.8, 4) is 0 Å². The van der Waals surface area contributed by atoms with Crippen LogP contribution in [0.5, 0.6) is 0 Å². The Hall–Kier alpha value is -1.71. The summed E-state index contributed by atoms with van der Waals surface area (Å²) in [5.74, 6) is 0.0109. The predicted molar refractivity (Wildman–Crippen MR) is 108 cm³/mol. The summed E-state index contributed by atoms with van der Waals surface area (Å²) < 4.78 is 0. The van der Waals surface area contributed by atoms with Crippen LogP contribution in [0.15, 0.2) is 24.3 Å². The Bertz CT molecular complexity index is 528. The lowest BCUT2D eigenvalue weighted by atomic mass is 10.0. The van der Waals surface area contributed by atoms with E-state index in [0.717, 1.165) is 12.8 Å². The number of carbonyl (C=O) groups is 1. The Labute approximate surface area is 158 Å². The third-order valence-electron chi connectivity index (χ3n) is 4.89. The molecule has 0 N–H and O–H groups in total. The molecule has 0 saturated carbocycles. The van der Waals surface area contributed by atoms with Crippen LogP contribution >= 0.6 is 0 Å². The molecule has 0 fully saturated rings. The number of hydrogen-bond donors (Lipinski definition) is 0. The maximum atomic E-state index is 12.1. The smallest absolute Gasteiger partial charge is 0.270 e. The van der Waals surface area contributed by atoms with Crippen LogP contribution in [0.2, 0.25) is 0 Å². The zero-order valence-electron chi connectivity index (χ0n) is 16.4. The molecule has 1 aromatic rings. The molecule has 4 heteroatoms. The van der Waals surface area contributed by atoms with Crippen LogP contribution < -0.4 is 0 Å². The van der Waals surface area contributed by atoms with Gasteiger partial charge in [0.2, 0.25) is 0 Å². The number of carbonyl (C=O) groups excluding carboxylic acids is 1. The minimum Gasteiger partial charge on any atom is -0.294 e. The Morgan fingerprint density at radius 2 is 1.35 bits per heavy atom. The van der Waals surface area contributed by atoms with Crippen LogP contribution in [-0.4, -0.2) is 10.7 Å². The number of nitro benzene ring substituents is 1. The van der Waals surface area contributed by atoms with Crippen LogP contribution in [0.25, 0.3) is 0 Å². The lowest BCUT2D eigenvalue weighted by molar-refractivity contribution is -0.384. The second-order valence-corrected chi connectivity index (χ2v) is 7.22. The largest absolute Gasteiger partial charge is 0.294 e. The molecule has 1 rings (SSSR count). The molecule has 1 aromatic carbocycles. The summed E-state index contributed by atoms with van der Waals surface area (Å²) in [6.07, 6.45) is 17.1. The quantitative estimate of drug-likeness (QED) is 0.135. The molecule has 0 spiro atoms. The van der Waals surface area contributed by atoms with Crippen LogP contribution in [-0.2, 0) is 0 Å². The highest BCUT2D eigenvalue weighted by atomic mass is 16.6. The second kappa shape index (κ2) is 14.5. The maximum Gasteiger partial charge on any atom is 0.270 e. The number of unbranched alkanes of at least 4 members (excludes halogenated alkanes) is 12. The highest BCUT2D eigenvalue weighted by molar-refractivity contribution is 5.96. The molecule has 146 valence electrons. The van der Waals surface area contributed by atoms with Crippen LogP contribution in [0.3, 0.4) is 0 Å². The number of nitro groups is 1. The van der Waals surface area contributed by atoms with Crippen LogP contribution in [0.1, 0.15) is 107 Å². The highest BCUT2D eigenvalue weighted by Gasteiger charge is 2.11. The third kappa shape index (κ3) is 10.3. The van der Waals surface area contributed by atoms with Gasteiger partial charge in [0.15, 0.2) is 5.78 Å². The minimum absolute atomic E-state index is 0.0109. The van der Waals surface area contributed by atoms with Crippen LogP contribution in [0.4, 0.5) is 5.69 Å². The molecule has 0 aliphatic heterocycles. The van der Waals surface area contributed by atoms with Gasteiger partial charge in [0.25, 0.3) is 5.69 Å². The molecule has 0 amide bonds. The Morgan fingerprint density at radius 3 is 1.85 bits per heavy atom. The van der Waals surface area contributed by atoms with Crippen molar-refractivity contribution in [3.05, 3.63) is 39.9 Å². The number of nitrogens with zero attached hydrogens (tertiary/aromatic N) is 1. The number of Topliss-reactive ketones (excluding diaryl/α,β-unsaturated/α-hetero) is 1. The minimum atomic E-state index is -0.456. The van der Waals surface area contributed by atoms with Gasteiger partial charge in [-0.05, 0) is 6.42 Å². The SMILES string of the molecule is CCCCCCCCCCCCCCCC(=O)c1cccc([N+](=O)[O-])c1. The molecule has 0 heterocycles. The first-order chi connectivity index (χ1) is 12.6. The van der Waals surface area contributed by atoms with Crippen LogP contribution in [0, 0.1) is 10.1 Å². The van der Waals surface area contributed by atoms with E-state index in [0.29, 0.717) is 12.0 Å². The van der Waals surface area contributed by atoms with Gasteiger partial charge in [-0.3, -0.25) is 14.9 Å². The molecular weight excluding hydrogens is 326 g/mol. The van der Waals surface area contributed by atoms with Gasteiger partial charge in [0.1, 0.15) is 0 Å². The van der Waals surface area contributed by atoms with Crippen molar-refractivity contribution in [2.45, 2.75) is 96.8 Å². The zero-order valence-corrected chi connectivity index (χ0v) is 16.4. The number of hydrogen-bond acceptors (Lipinski definition) is 3. The van der Waals surface area contributed by atoms with E-state index in [1.54, 1.807) is 12.1 Å². The molecule has 0 aliphatic carbocycles. The Kier molecular flexibility index (Phi) is 12.4. The molecule has 0 atom stereocenters. The summed E-state index contributed by atoms with van der Waals surface area (Å²) in [5, 5.41) is 10.8. The Morgan fingerprint density at radius 1 is 0.846 bits per heavy atom. The summed E-state index contributed by atoms with van der Waals surface area (Å²) in [6, 6.07) is 6.04. The fourth-order valence-electron chi connectivity index (χ4n) is 3.24.